The van der Waals surface area contributed by atoms with Crippen molar-refractivity contribution in [2.45, 2.75) is 0 Å². The number of fused-ring (bicyclic) bond motifs is 1. The van der Waals surface area contributed by atoms with Crippen LogP contribution < -0.4 is 0 Å². The summed E-state index contributed by atoms with van der Waals surface area (Å²) in [5.74, 6) is -1.31. The molecule has 2 rings (SSSR count). The van der Waals surface area contributed by atoms with E-state index in [0.29, 0.717) is 14.6 Å². The van der Waals surface area contributed by atoms with Crippen molar-refractivity contribution < 1.29 is 19.8 Å². The number of hydrogen-bond acceptors (Lipinski definition) is 3. The summed E-state index contributed by atoms with van der Waals surface area (Å²) in [6.07, 6.45) is -1.38. The summed E-state index contributed by atoms with van der Waals surface area (Å²) in [5.41, 5.74) is -0.229. The van der Waals surface area contributed by atoms with Crippen LogP contribution in [0.25, 0.3) is 11.0 Å². The van der Waals surface area contributed by atoms with Gasteiger partial charge in [-0.15, -0.1) is 0 Å². The van der Waals surface area contributed by atoms with Gasteiger partial charge in [0.25, 0.3) is 0 Å². The van der Waals surface area contributed by atoms with Gasteiger partial charge in [0.05, 0.1) is 0 Å². The normalized spacial score (nSPS) is 10.6. The van der Waals surface area contributed by atoms with Crippen LogP contribution in [0, 0.1) is 0 Å². The average molecular weight is 285 g/mol. The molecule has 2 aromatic rings. The van der Waals surface area contributed by atoms with Gasteiger partial charge in [0.1, 0.15) is 10.3 Å². The number of halogens is 1. The van der Waals surface area contributed by atoms with Gasteiger partial charge in [-0.1, -0.05) is 0 Å². The van der Waals surface area contributed by atoms with Crippen molar-refractivity contribution in [3.8, 4) is 0 Å². The molecule has 0 bridgehead atoms. The lowest BCUT2D eigenvalue weighted by Crippen LogP contribution is -2.15. The number of hydrogen-bond donors (Lipinski definition) is 2. The fourth-order valence-corrected chi connectivity index (χ4v) is 1.70. The molecule has 0 aromatic carbocycles. The Kier molecular flexibility index (Phi) is 2.39. The second-order valence-electron chi connectivity index (χ2n) is 3.00. The Morgan fingerprint density at radius 2 is 2.00 bits per heavy atom. The SMILES string of the molecule is O=C(O)c1cc2ccc(Br)nc2n1C(=O)O. The maximum Gasteiger partial charge on any atom is 0.417 e. The molecule has 7 heteroatoms. The number of carboxylic acid groups (broad SMARTS) is 2. The molecule has 2 heterocycles. The number of carbonyl (C=O) groups is 2. The third-order valence-corrected chi connectivity index (χ3v) is 2.47. The highest BCUT2D eigenvalue weighted by Crippen LogP contribution is 2.20. The van der Waals surface area contributed by atoms with Gasteiger partial charge in [-0.05, 0) is 34.1 Å². The number of pyridine rings is 1. The van der Waals surface area contributed by atoms with E-state index in [2.05, 4.69) is 20.9 Å². The number of nitrogens with zero attached hydrogens (tertiary/aromatic N) is 2. The maximum atomic E-state index is 11.0. The average Bonchev–Trinajstić information content (AvgIpc) is 2.55. The molecule has 2 aromatic heterocycles. The van der Waals surface area contributed by atoms with Crippen molar-refractivity contribution >= 4 is 39.0 Å². The van der Waals surface area contributed by atoms with Crippen LogP contribution in [0.2, 0.25) is 0 Å². The van der Waals surface area contributed by atoms with Crippen molar-refractivity contribution in [2.75, 3.05) is 0 Å². The van der Waals surface area contributed by atoms with Crippen LogP contribution in [0.3, 0.4) is 0 Å². The van der Waals surface area contributed by atoms with Crippen molar-refractivity contribution in [1.82, 2.24) is 9.55 Å². The van der Waals surface area contributed by atoms with Gasteiger partial charge in [-0.3, -0.25) is 0 Å². The largest absolute Gasteiger partial charge is 0.477 e. The Balaban J connectivity index is 2.88. The first-order valence-electron chi connectivity index (χ1n) is 4.15. The topological polar surface area (TPSA) is 92.4 Å². The maximum absolute atomic E-state index is 11.0. The van der Waals surface area contributed by atoms with Gasteiger partial charge in [-0.25, -0.2) is 19.1 Å². The molecule has 0 spiro atoms. The molecule has 0 aliphatic carbocycles. The highest BCUT2D eigenvalue weighted by Gasteiger charge is 2.20. The summed E-state index contributed by atoms with van der Waals surface area (Å²) < 4.78 is 1.08. The van der Waals surface area contributed by atoms with Crippen LogP contribution in [0.4, 0.5) is 4.79 Å². The molecule has 0 amide bonds. The molecule has 16 heavy (non-hydrogen) atoms. The van der Waals surface area contributed by atoms with Crippen molar-refractivity contribution in [3.63, 3.8) is 0 Å². The standard InChI is InChI=1S/C9H5BrN2O4/c10-6-2-1-4-3-5(8(13)14)12(9(15)16)7(4)11-6/h1-3H,(H,13,14)(H,15,16). The Morgan fingerprint density at radius 3 is 2.56 bits per heavy atom. The zero-order chi connectivity index (χ0) is 11.9. The second kappa shape index (κ2) is 3.60. The molecule has 0 saturated heterocycles. The number of carboxylic acids is 1. The first kappa shape index (κ1) is 10.6. The van der Waals surface area contributed by atoms with Crippen molar-refractivity contribution in [1.29, 1.82) is 0 Å². The quantitative estimate of drug-likeness (QED) is 0.782. The molecule has 0 aliphatic heterocycles. The van der Waals surface area contributed by atoms with Gasteiger partial charge in [0, 0.05) is 5.39 Å². The summed E-state index contributed by atoms with van der Waals surface area (Å²) >= 11 is 3.10. The third kappa shape index (κ3) is 1.54. The third-order valence-electron chi connectivity index (χ3n) is 2.03. The minimum atomic E-state index is -1.38. The highest BCUT2D eigenvalue weighted by atomic mass is 79.9. The van der Waals surface area contributed by atoms with Crippen LogP contribution in [0.1, 0.15) is 10.5 Å². The second-order valence-corrected chi connectivity index (χ2v) is 3.81. The van der Waals surface area contributed by atoms with Crippen LogP contribution in [-0.4, -0.2) is 31.8 Å². The number of rotatable bonds is 1. The first-order chi connectivity index (χ1) is 7.50. The summed E-state index contributed by atoms with van der Waals surface area (Å²) in [7, 11) is 0. The smallest absolute Gasteiger partial charge is 0.417 e. The minimum absolute atomic E-state index is 0.0966. The number of aromatic carboxylic acids is 1. The summed E-state index contributed by atoms with van der Waals surface area (Å²) in [6.45, 7) is 0. The van der Waals surface area contributed by atoms with Gasteiger partial charge in [0.2, 0.25) is 0 Å². The van der Waals surface area contributed by atoms with E-state index in [1.54, 1.807) is 12.1 Å². The van der Waals surface area contributed by atoms with Crippen LogP contribution >= 0.6 is 15.9 Å². The molecule has 6 nitrogen and oxygen atoms in total. The number of aromatic nitrogens is 2. The van der Waals surface area contributed by atoms with E-state index >= 15 is 0 Å². The molecule has 0 aliphatic rings. The molecule has 0 radical (unpaired) electrons. The van der Waals surface area contributed by atoms with Crippen LogP contribution in [0.15, 0.2) is 22.8 Å². The Bertz CT molecular complexity index is 605. The molecule has 82 valence electrons. The minimum Gasteiger partial charge on any atom is -0.477 e. The van der Waals surface area contributed by atoms with Gasteiger partial charge in [0.15, 0.2) is 5.65 Å². The Hall–Kier alpha value is -1.89. The summed E-state index contributed by atoms with van der Waals surface area (Å²) in [6, 6.07) is 4.48. The lowest BCUT2D eigenvalue weighted by atomic mass is 10.3. The van der Waals surface area contributed by atoms with E-state index in [9.17, 15) is 9.59 Å². The van der Waals surface area contributed by atoms with Gasteiger partial charge < -0.3 is 10.2 Å². The van der Waals surface area contributed by atoms with E-state index in [0.717, 1.165) is 0 Å². The fourth-order valence-electron chi connectivity index (χ4n) is 1.40. The zero-order valence-electron chi connectivity index (χ0n) is 7.72. The van der Waals surface area contributed by atoms with E-state index in [1.807, 2.05) is 0 Å². The highest BCUT2D eigenvalue weighted by molar-refractivity contribution is 9.10. The Labute approximate surface area is 97.3 Å². The predicted molar refractivity (Wildman–Crippen MR) is 57.8 cm³/mol. The molecule has 2 N–H and O–H groups in total. The van der Waals surface area contributed by atoms with Crippen LogP contribution in [0.5, 0.6) is 0 Å². The predicted octanol–water partition coefficient (Wildman–Crippen LogP) is 2.02. The van der Waals surface area contributed by atoms with E-state index < -0.39 is 12.1 Å². The molecule has 0 atom stereocenters. The van der Waals surface area contributed by atoms with Crippen molar-refractivity contribution in [3.05, 3.63) is 28.5 Å². The van der Waals surface area contributed by atoms with E-state index in [1.165, 1.54) is 6.07 Å². The lowest BCUT2D eigenvalue weighted by molar-refractivity contribution is 0.0684. The Morgan fingerprint density at radius 1 is 1.31 bits per heavy atom. The molecule has 0 fully saturated rings. The van der Waals surface area contributed by atoms with Crippen molar-refractivity contribution in [2.24, 2.45) is 0 Å². The van der Waals surface area contributed by atoms with E-state index in [4.69, 9.17) is 10.2 Å². The fraction of sp³-hybridized carbons (Fsp3) is 0. The molecule has 0 saturated carbocycles. The molecular weight excluding hydrogens is 280 g/mol. The van der Waals surface area contributed by atoms with Crippen LogP contribution in [-0.2, 0) is 0 Å². The van der Waals surface area contributed by atoms with E-state index in [-0.39, 0.29) is 11.3 Å². The summed E-state index contributed by atoms with van der Waals surface area (Å²) in [4.78, 5) is 25.7. The lowest BCUT2D eigenvalue weighted by Gasteiger charge is -1.99. The van der Waals surface area contributed by atoms with Gasteiger partial charge in [-0.2, -0.15) is 0 Å². The zero-order valence-corrected chi connectivity index (χ0v) is 9.30. The molecular formula is C9H5BrN2O4. The molecule has 0 unspecified atom stereocenters. The first-order valence-corrected chi connectivity index (χ1v) is 4.94. The summed E-state index contributed by atoms with van der Waals surface area (Å²) in [5, 5.41) is 18.3. The van der Waals surface area contributed by atoms with Gasteiger partial charge >= 0.3 is 12.1 Å². The monoisotopic (exact) mass is 284 g/mol.